The van der Waals surface area contributed by atoms with Gasteiger partial charge in [-0.15, -0.1) is 0 Å². The van der Waals surface area contributed by atoms with E-state index in [0.29, 0.717) is 27.7 Å². The Morgan fingerprint density at radius 3 is 2.78 bits per heavy atom. The summed E-state index contributed by atoms with van der Waals surface area (Å²) in [6, 6.07) is 11.0. The number of nitrogens with zero attached hydrogens (tertiary/aromatic N) is 1. The summed E-state index contributed by atoms with van der Waals surface area (Å²) in [7, 11) is 0. The number of nitrogen functional groups attached to an aromatic ring is 1. The minimum Gasteiger partial charge on any atom is -0.436 e. The highest BCUT2D eigenvalue weighted by atomic mass is 79.9. The topological polar surface area (TPSA) is 52.0 Å². The second-order valence-electron chi connectivity index (χ2n) is 3.84. The van der Waals surface area contributed by atoms with Crippen LogP contribution in [0.5, 0.6) is 0 Å². The zero-order valence-corrected chi connectivity index (χ0v) is 11.5. The summed E-state index contributed by atoms with van der Waals surface area (Å²) < 4.78 is 6.57. The van der Waals surface area contributed by atoms with Crippen molar-refractivity contribution in [3.63, 3.8) is 0 Å². The van der Waals surface area contributed by atoms with Gasteiger partial charge in [0.1, 0.15) is 5.52 Å². The van der Waals surface area contributed by atoms with Crippen molar-refractivity contribution in [2.24, 2.45) is 0 Å². The monoisotopic (exact) mass is 322 g/mol. The minimum atomic E-state index is 0.473. The molecule has 0 aliphatic heterocycles. The molecule has 0 aliphatic carbocycles. The Morgan fingerprint density at radius 1 is 1.22 bits per heavy atom. The number of hydrogen-bond donors (Lipinski definition) is 1. The van der Waals surface area contributed by atoms with Crippen LogP contribution in [0.4, 0.5) is 5.69 Å². The number of hydrogen-bond acceptors (Lipinski definition) is 3. The van der Waals surface area contributed by atoms with Crippen LogP contribution in [0.25, 0.3) is 22.6 Å². The van der Waals surface area contributed by atoms with Crippen LogP contribution in [0.15, 0.2) is 45.3 Å². The van der Waals surface area contributed by atoms with Gasteiger partial charge in [-0.25, -0.2) is 4.98 Å². The van der Waals surface area contributed by atoms with E-state index < -0.39 is 0 Å². The predicted octanol–water partition coefficient (Wildman–Crippen LogP) is 4.49. The van der Waals surface area contributed by atoms with Crippen LogP contribution in [-0.4, -0.2) is 4.98 Å². The Kier molecular flexibility index (Phi) is 2.76. The standard InChI is InChI=1S/C13H8BrClN2O/c14-7-4-5-8(9(15)6-7)13-17-12-10(16)2-1-3-11(12)18-13/h1-6H,16H2. The maximum atomic E-state index is 6.17. The van der Waals surface area contributed by atoms with Crippen molar-refractivity contribution in [1.82, 2.24) is 4.98 Å². The minimum absolute atomic E-state index is 0.473. The molecule has 1 aromatic heterocycles. The van der Waals surface area contributed by atoms with E-state index in [2.05, 4.69) is 20.9 Å². The van der Waals surface area contributed by atoms with Crippen LogP contribution in [0.1, 0.15) is 0 Å². The summed E-state index contributed by atoms with van der Waals surface area (Å²) in [6.07, 6.45) is 0. The fourth-order valence-corrected chi connectivity index (χ4v) is 2.50. The lowest BCUT2D eigenvalue weighted by atomic mass is 10.2. The average Bonchev–Trinajstić information content (AvgIpc) is 2.74. The summed E-state index contributed by atoms with van der Waals surface area (Å²) in [5.74, 6) is 0.473. The lowest BCUT2D eigenvalue weighted by molar-refractivity contribution is 0.620. The van der Waals surface area contributed by atoms with Crippen molar-refractivity contribution in [3.8, 4) is 11.5 Å². The van der Waals surface area contributed by atoms with Crippen LogP contribution in [-0.2, 0) is 0 Å². The van der Waals surface area contributed by atoms with Gasteiger partial charge in [0.25, 0.3) is 0 Å². The summed E-state index contributed by atoms with van der Waals surface area (Å²) in [4.78, 5) is 4.38. The lowest BCUT2D eigenvalue weighted by Crippen LogP contribution is -1.85. The van der Waals surface area contributed by atoms with Gasteiger partial charge in [0.05, 0.1) is 16.3 Å². The van der Waals surface area contributed by atoms with E-state index in [1.165, 1.54) is 0 Å². The molecule has 0 bridgehead atoms. The van der Waals surface area contributed by atoms with Gasteiger partial charge in [-0.2, -0.15) is 0 Å². The zero-order chi connectivity index (χ0) is 12.7. The molecule has 3 aromatic rings. The normalized spacial score (nSPS) is 11.0. The summed E-state index contributed by atoms with van der Waals surface area (Å²) in [5, 5.41) is 0.578. The van der Waals surface area contributed by atoms with E-state index >= 15 is 0 Å². The molecule has 2 N–H and O–H groups in total. The highest BCUT2D eigenvalue weighted by molar-refractivity contribution is 9.10. The molecule has 0 amide bonds. The summed E-state index contributed by atoms with van der Waals surface area (Å²) in [6.45, 7) is 0. The molecule has 0 unspecified atom stereocenters. The molecule has 0 atom stereocenters. The molecular formula is C13H8BrClN2O. The summed E-state index contributed by atoms with van der Waals surface area (Å²) in [5.41, 5.74) is 8.50. The molecule has 3 nitrogen and oxygen atoms in total. The van der Waals surface area contributed by atoms with Crippen LogP contribution >= 0.6 is 27.5 Å². The Balaban J connectivity index is 2.23. The highest BCUT2D eigenvalue weighted by Gasteiger charge is 2.12. The van der Waals surface area contributed by atoms with Gasteiger partial charge in [0.15, 0.2) is 5.58 Å². The van der Waals surface area contributed by atoms with E-state index in [1.54, 1.807) is 12.1 Å². The van der Waals surface area contributed by atoms with E-state index in [4.69, 9.17) is 21.8 Å². The predicted molar refractivity (Wildman–Crippen MR) is 76.6 cm³/mol. The van der Waals surface area contributed by atoms with Gasteiger partial charge < -0.3 is 10.2 Å². The van der Waals surface area contributed by atoms with Crippen molar-refractivity contribution in [1.29, 1.82) is 0 Å². The van der Waals surface area contributed by atoms with Gasteiger partial charge in [-0.3, -0.25) is 0 Å². The molecule has 0 aliphatic rings. The van der Waals surface area contributed by atoms with Crippen molar-refractivity contribution in [2.45, 2.75) is 0 Å². The Labute approximate surface area is 117 Å². The van der Waals surface area contributed by atoms with Gasteiger partial charge in [0.2, 0.25) is 5.89 Å². The third-order valence-electron chi connectivity index (χ3n) is 2.61. The SMILES string of the molecule is Nc1cccc2oc(-c3ccc(Br)cc3Cl)nc12. The zero-order valence-electron chi connectivity index (χ0n) is 9.15. The lowest BCUT2D eigenvalue weighted by Gasteiger charge is -1.99. The molecule has 2 aromatic carbocycles. The van der Waals surface area contributed by atoms with E-state index in [1.807, 2.05) is 24.3 Å². The molecular weight excluding hydrogens is 316 g/mol. The van der Waals surface area contributed by atoms with Crippen LogP contribution in [0, 0.1) is 0 Å². The van der Waals surface area contributed by atoms with Crippen molar-refractivity contribution < 1.29 is 4.42 Å². The largest absolute Gasteiger partial charge is 0.436 e. The van der Waals surface area contributed by atoms with Crippen molar-refractivity contribution in [3.05, 3.63) is 45.9 Å². The van der Waals surface area contributed by atoms with E-state index in [-0.39, 0.29) is 0 Å². The molecule has 0 radical (unpaired) electrons. The number of rotatable bonds is 1. The van der Waals surface area contributed by atoms with Crippen LogP contribution in [0.3, 0.4) is 0 Å². The van der Waals surface area contributed by atoms with E-state index in [9.17, 15) is 0 Å². The molecule has 1 heterocycles. The molecule has 3 rings (SSSR count). The molecule has 0 saturated heterocycles. The second-order valence-corrected chi connectivity index (χ2v) is 5.16. The Morgan fingerprint density at radius 2 is 2.06 bits per heavy atom. The molecule has 5 heteroatoms. The van der Waals surface area contributed by atoms with E-state index in [0.717, 1.165) is 10.0 Å². The number of fused-ring (bicyclic) bond motifs is 1. The van der Waals surface area contributed by atoms with Gasteiger partial charge in [0, 0.05) is 4.47 Å². The van der Waals surface area contributed by atoms with Crippen LogP contribution in [0.2, 0.25) is 5.02 Å². The first kappa shape index (κ1) is 11.6. The van der Waals surface area contributed by atoms with Gasteiger partial charge in [-0.1, -0.05) is 33.6 Å². The van der Waals surface area contributed by atoms with Crippen molar-refractivity contribution >= 4 is 44.3 Å². The third kappa shape index (κ3) is 1.87. The second kappa shape index (κ2) is 4.30. The number of anilines is 1. The third-order valence-corrected chi connectivity index (χ3v) is 3.42. The van der Waals surface area contributed by atoms with Gasteiger partial charge >= 0.3 is 0 Å². The summed E-state index contributed by atoms with van der Waals surface area (Å²) >= 11 is 9.53. The fourth-order valence-electron chi connectivity index (χ4n) is 1.75. The van der Waals surface area contributed by atoms with Crippen LogP contribution < -0.4 is 5.73 Å². The average molecular weight is 324 g/mol. The molecule has 0 saturated carbocycles. The van der Waals surface area contributed by atoms with Crippen molar-refractivity contribution in [2.75, 3.05) is 5.73 Å². The number of aromatic nitrogens is 1. The molecule has 0 spiro atoms. The smallest absolute Gasteiger partial charge is 0.228 e. The maximum absolute atomic E-state index is 6.17. The maximum Gasteiger partial charge on any atom is 0.228 e. The first-order valence-electron chi connectivity index (χ1n) is 5.25. The molecule has 90 valence electrons. The number of nitrogens with two attached hydrogens (primary N) is 1. The first-order valence-corrected chi connectivity index (χ1v) is 6.43. The fraction of sp³-hybridized carbons (Fsp3) is 0. The first-order chi connectivity index (χ1) is 8.65. The molecule has 0 fully saturated rings. The molecule has 18 heavy (non-hydrogen) atoms. The number of benzene rings is 2. The quantitative estimate of drug-likeness (QED) is 0.671. The number of halogens is 2. The number of para-hydroxylation sites is 1. The Bertz CT molecular complexity index is 739. The Hall–Kier alpha value is -1.52. The number of oxazole rings is 1. The highest BCUT2D eigenvalue weighted by Crippen LogP contribution is 2.33. The van der Waals surface area contributed by atoms with Gasteiger partial charge in [-0.05, 0) is 30.3 Å².